The minimum absolute atomic E-state index is 0.0117. The van der Waals surface area contributed by atoms with Crippen LogP contribution in [0.15, 0.2) is 78.2 Å². The Bertz CT molecular complexity index is 1410. The van der Waals surface area contributed by atoms with Crippen LogP contribution in [0.25, 0.3) is 16.7 Å². The Morgan fingerprint density at radius 1 is 1.06 bits per heavy atom. The van der Waals surface area contributed by atoms with Crippen molar-refractivity contribution in [1.82, 2.24) is 24.6 Å². The average Bonchev–Trinajstić information content (AvgIpc) is 3.45. The fourth-order valence-electron chi connectivity index (χ4n) is 4.13. The van der Waals surface area contributed by atoms with Gasteiger partial charge in [-0.1, -0.05) is 60.3 Å². The summed E-state index contributed by atoms with van der Waals surface area (Å²) >= 11 is 1.32. The summed E-state index contributed by atoms with van der Waals surface area (Å²) in [6.07, 6.45) is 3.65. The Labute approximate surface area is 201 Å². The van der Waals surface area contributed by atoms with E-state index >= 15 is 0 Å². The first-order chi connectivity index (χ1) is 16.5. The summed E-state index contributed by atoms with van der Waals surface area (Å²) in [6, 6.07) is 19.0. The van der Waals surface area contributed by atoms with E-state index in [2.05, 4.69) is 15.1 Å². The van der Waals surface area contributed by atoms with Crippen LogP contribution in [-0.4, -0.2) is 62.3 Å². The SMILES string of the molecule is O=C(CSc1ncnc2c1cnn2-c1ccccc1)N(Cc1ccccc1)[C@@H]1CCS(=O)(=O)C1. The van der Waals surface area contributed by atoms with Gasteiger partial charge in [0.1, 0.15) is 11.4 Å². The molecule has 1 saturated heterocycles. The molecule has 2 aromatic heterocycles. The van der Waals surface area contributed by atoms with Crippen molar-refractivity contribution in [2.45, 2.75) is 24.0 Å². The highest BCUT2D eigenvalue weighted by molar-refractivity contribution is 8.00. The summed E-state index contributed by atoms with van der Waals surface area (Å²) in [7, 11) is -3.12. The molecule has 8 nitrogen and oxygen atoms in total. The van der Waals surface area contributed by atoms with Gasteiger partial charge in [0.2, 0.25) is 5.91 Å². The number of carbonyl (C=O) groups excluding carboxylic acids is 1. The molecule has 0 saturated carbocycles. The highest BCUT2D eigenvalue weighted by Gasteiger charge is 2.34. The van der Waals surface area contributed by atoms with Crippen molar-refractivity contribution in [2.75, 3.05) is 17.3 Å². The molecule has 0 unspecified atom stereocenters. The van der Waals surface area contributed by atoms with Crippen LogP contribution < -0.4 is 0 Å². The maximum Gasteiger partial charge on any atom is 0.233 e. The normalized spacial score (nSPS) is 17.1. The third kappa shape index (κ3) is 4.83. The van der Waals surface area contributed by atoms with Crippen molar-refractivity contribution in [3.63, 3.8) is 0 Å². The van der Waals surface area contributed by atoms with E-state index in [1.807, 2.05) is 60.7 Å². The zero-order valence-corrected chi connectivity index (χ0v) is 20.0. The zero-order chi connectivity index (χ0) is 23.5. The van der Waals surface area contributed by atoms with Crippen LogP contribution in [0.4, 0.5) is 0 Å². The number of hydrogen-bond donors (Lipinski definition) is 0. The summed E-state index contributed by atoms with van der Waals surface area (Å²) < 4.78 is 25.9. The van der Waals surface area contributed by atoms with Gasteiger partial charge in [0.05, 0.1) is 34.5 Å². The lowest BCUT2D eigenvalue weighted by Gasteiger charge is -2.28. The molecular formula is C24H23N5O3S2. The molecule has 1 amide bonds. The van der Waals surface area contributed by atoms with Crippen LogP contribution in [0.5, 0.6) is 0 Å². The minimum atomic E-state index is -3.12. The van der Waals surface area contributed by atoms with Crippen molar-refractivity contribution < 1.29 is 13.2 Å². The van der Waals surface area contributed by atoms with Gasteiger partial charge in [-0.15, -0.1) is 0 Å². The van der Waals surface area contributed by atoms with E-state index in [-0.39, 0.29) is 29.2 Å². The Balaban J connectivity index is 1.36. The molecule has 0 radical (unpaired) electrons. The van der Waals surface area contributed by atoms with Crippen LogP contribution >= 0.6 is 11.8 Å². The van der Waals surface area contributed by atoms with Gasteiger partial charge in [-0.25, -0.2) is 23.1 Å². The van der Waals surface area contributed by atoms with Crippen LogP contribution in [0.3, 0.4) is 0 Å². The number of hydrogen-bond acceptors (Lipinski definition) is 7. The Hall–Kier alpha value is -3.24. The number of aromatic nitrogens is 4. The predicted octanol–water partition coefficient (Wildman–Crippen LogP) is 3.12. The van der Waals surface area contributed by atoms with E-state index in [0.717, 1.165) is 16.6 Å². The fraction of sp³-hybridized carbons (Fsp3) is 0.250. The van der Waals surface area contributed by atoms with Gasteiger partial charge in [-0.2, -0.15) is 5.10 Å². The second-order valence-corrected chi connectivity index (χ2v) is 11.4. The molecule has 10 heteroatoms. The van der Waals surface area contributed by atoms with Crippen LogP contribution in [0, 0.1) is 0 Å². The molecule has 1 fully saturated rings. The van der Waals surface area contributed by atoms with Crippen LogP contribution in [0.2, 0.25) is 0 Å². The molecule has 2 aromatic carbocycles. The number of rotatable bonds is 7. The first-order valence-corrected chi connectivity index (χ1v) is 13.7. The molecule has 0 N–H and O–H groups in total. The highest BCUT2D eigenvalue weighted by Crippen LogP contribution is 2.27. The number of thioether (sulfide) groups is 1. The zero-order valence-electron chi connectivity index (χ0n) is 18.3. The van der Waals surface area contributed by atoms with Gasteiger partial charge in [0, 0.05) is 12.6 Å². The second-order valence-electron chi connectivity index (χ2n) is 8.16. The number of carbonyl (C=O) groups is 1. The largest absolute Gasteiger partial charge is 0.334 e. The third-order valence-corrected chi connectivity index (χ3v) is 8.57. The lowest BCUT2D eigenvalue weighted by molar-refractivity contribution is -0.130. The molecule has 5 rings (SSSR count). The fourth-order valence-corrected chi connectivity index (χ4v) is 6.71. The van der Waals surface area contributed by atoms with Crippen molar-refractivity contribution >= 4 is 38.5 Å². The predicted molar refractivity (Wildman–Crippen MR) is 131 cm³/mol. The maximum absolute atomic E-state index is 13.3. The van der Waals surface area contributed by atoms with Crippen molar-refractivity contribution in [1.29, 1.82) is 0 Å². The monoisotopic (exact) mass is 493 g/mol. The quantitative estimate of drug-likeness (QED) is 0.288. The van der Waals surface area contributed by atoms with E-state index in [1.54, 1.807) is 15.8 Å². The lowest BCUT2D eigenvalue weighted by atomic mass is 10.1. The van der Waals surface area contributed by atoms with Gasteiger partial charge in [0.25, 0.3) is 0 Å². The number of para-hydroxylation sites is 1. The molecule has 0 bridgehead atoms. The van der Waals surface area contributed by atoms with Crippen molar-refractivity contribution in [3.05, 3.63) is 78.8 Å². The third-order valence-electron chi connectivity index (χ3n) is 5.83. The standard InChI is InChI=1S/C24H23N5O3S2/c30-22(28(14-18-7-3-1-4-8-18)20-11-12-34(31,32)16-20)15-33-24-21-13-27-29(23(21)25-17-26-24)19-9-5-2-6-10-19/h1-10,13,17,20H,11-12,14-16H2/t20-/m1/s1. The van der Waals surface area contributed by atoms with Gasteiger partial charge in [-0.05, 0) is 24.1 Å². The van der Waals surface area contributed by atoms with Crippen LogP contribution in [-0.2, 0) is 21.2 Å². The average molecular weight is 494 g/mol. The van der Waals surface area contributed by atoms with E-state index in [1.165, 1.54) is 18.1 Å². The van der Waals surface area contributed by atoms with Gasteiger partial charge >= 0.3 is 0 Å². The van der Waals surface area contributed by atoms with Gasteiger partial charge < -0.3 is 4.90 Å². The Morgan fingerprint density at radius 3 is 2.50 bits per heavy atom. The molecule has 3 heterocycles. The minimum Gasteiger partial charge on any atom is -0.334 e. The van der Waals surface area contributed by atoms with E-state index < -0.39 is 9.84 Å². The molecule has 0 spiro atoms. The molecule has 0 aliphatic carbocycles. The van der Waals surface area contributed by atoms with E-state index in [9.17, 15) is 13.2 Å². The highest BCUT2D eigenvalue weighted by atomic mass is 32.2. The van der Waals surface area contributed by atoms with E-state index in [0.29, 0.717) is 23.6 Å². The number of benzene rings is 2. The molecule has 1 atom stereocenters. The molecule has 174 valence electrons. The number of amides is 1. The topological polar surface area (TPSA) is 98.1 Å². The first-order valence-electron chi connectivity index (χ1n) is 10.9. The van der Waals surface area contributed by atoms with Gasteiger partial charge in [-0.3, -0.25) is 4.79 Å². The summed E-state index contributed by atoms with van der Waals surface area (Å²) in [4.78, 5) is 23.8. The Kier molecular flexibility index (Phi) is 6.34. The van der Waals surface area contributed by atoms with Crippen molar-refractivity contribution in [3.8, 4) is 5.69 Å². The molecule has 1 aliphatic rings. The Morgan fingerprint density at radius 2 is 1.79 bits per heavy atom. The molecule has 34 heavy (non-hydrogen) atoms. The number of sulfone groups is 1. The first kappa shape index (κ1) is 22.5. The summed E-state index contributed by atoms with van der Waals surface area (Å²) in [5, 5.41) is 5.89. The molecule has 4 aromatic rings. The van der Waals surface area contributed by atoms with E-state index in [4.69, 9.17) is 0 Å². The van der Waals surface area contributed by atoms with Crippen LogP contribution in [0.1, 0.15) is 12.0 Å². The number of nitrogens with zero attached hydrogens (tertiary/aromatic N) is 5. The summed E-state index contributed by atoms with van der Waals surface area (Å²) in [6.45, 7) is 0.381. The van der Waals surface area contributed by atoms with Crippen molar-refractivity contribution in [2.24, 2.45) is 0 Å². The summed E-state index contributed by atoms with van der Waals surface area (Å²) in [5.41, 5.74) is 2.53. The summed E-state index contributed by atoms with van der Waals surface area (Å²) in [5.74, 6) is 0.163. The molecular weight excluding hydrogens is 470 g/mol. The molecule has 1 aliphatic heterocycles. The van der Waals surface area contributed by atoms with Gasteiger partial charge in [0.15, 0.2) is 15.5 Å². The lowest BCUT2D eigenvalue weighted by Crippen LogP contribution is -2.41. The second kappa shape index (κ2) is 9.55. The maximum atomic E-state index is 13.3. The smallest absolute Gasteiger partial charge is 0.233 e. The number of fused-ring (bicyclic) bond motifs is 1.